The number of thiol groups is 2. The molecule has 0 saturated carbocycles. The van der Waals surface area contributed by atoms with Crippen LogP contribution in [0.2, 0.25) is 10.6 Å². The van der Waals surface area contributed by atoms with Crippen molar-refractivity contribution in [3.63, 3.8) is 0 Å². The van der Waals surface area contributed by atoms with E-state index >= 15 is 0 Å². The number of hydrogen-bond acceptors (Lipinski definition) is 4. The summed E-state index contributed by atoms with van der Waals surface area (Å²) < 4.78 is 1.32. The van der Waals surface area contributed by atoms with Crippen molar-refractivity contribution in [1.82, 2.24) is 0 Å². The van der Waals surface area contributed by atoms with E-state index in [1.54, 1.807) is 0 Å². The first-order valence-corrected chi connectivity index (χ1v) is 13.0. The van der Waals surface area contributed by atoms with Crippen LogP contribution in [-0.4, -0.2) is 60.2 Å². The van der Waals surface area contributed by atoms with Gasteiger partial charge in [-0.3, -0.25) is 0 Å². The molecule has 96 valence electrons. The van der Waals surface area contributed by atoms with E-state index in [9.17, 15) is 0 Å². The first-order chi connectivity index (χ1) is 7.69. The molecule has 1 heterocycles. The van der Waals surface area contributed by atoms with Gasteiger partial charge in [-0.25, -0.2) is 0 Å². The molecule has 1 rings (SSSR count). The second-order valence-corrected chi connectivity index (χ2v) is 14.6. The molecule has 0 N–H and O–H groups in total. The summed E-state index contributed by atoms with van der Waals surface area (Å²) in [7, 11) is 0. The molecule has 4 unspecified atom stereocenters. The number of hydrogen-bond donors (Lipinski definition) is 2. The second-order valence-electron chi connectivity index (χ2n) is 3.44. The molecule has 1 aliphatic heterocycles. The van der Waals surface area contributed by atoms with Gasteiger partial charge in [0.1, 0.15) is 0 Å². The quantitative estimate of drug-likeness (QED) is 0.495. The molecule has 0 amide bonds. The van der Waals surface area contributed by atoms with E-state index in [-0.39, 0.29) is 0 Å². The van der Waals surface area contributed by atoms with Gasteiger partial charge in [0.15, 0.2) is 0 Å². The molecule has 0 spiro atoms. The fourth-order valence-electron chi connectivity index (χ4n) is 1.42. The number of rotatable bonds is 6. The van der Waals surface area contributed by atoms with Crippen LogP contribution in [0.3, 0.4) is 0 Å². The maximum atomic E-state index is 4.75. The molecule has 1 fully saturated rings. The van der Waals surface area contributed by atoms with Gasteiger partial charge in [0, 0.05) is 0 Å². The number of thioether (sulfide) groups is 2. The van der Waals surface area contributed by atoms with Crippen LogP contribution >= 0.6 is 48.8 Å². The van der Waals surface area contributed by atoms with Gasteiger partial charge in [0.05, 0.1) is 0 Å². The topological polar surface area (TPSA) is 0 Å². The molecule has 0 radical (unpaired) electrons. The monoisotopic (exact) mass is 428 g/mol. The zero-order valence-electron chi connectivity index (χ0n) is 9.67. The van der Waals surface area contributed by atoms with E-state index in [1.807, 2.05) is 0 Å². The van der Waals surface area contributed by atoms with Crippen LogP contribution in [0.1, 0.15) is 13.8 Å². The molecule has 16 heavy (non-hydrogen) atoms. The molecule has 1 aliphatic rings. The van der Waals surface area contributed by atoms with Crippen LogP contribution in [0, 0.1) is 0 Å². The molecule has 0 aliphatic carbocycles. The summed E-state index contributed by atoms with van der Waals surface area (Å²) in [6.45, 7) is 4.56. The molecule has 0 bridgehead atoms. The molecule has 0 aromatic rings. The van der Waals surface area contributed by atoms with Crippen molar-refractivity contribution in [2.24, 2.45) is 0 Å². The van der Waals surface area contributed by atoms with Crippen molar-refractivity contribution in [3.05, 3.63) is 0 Å². The first kappa shape index (κ1) is 16.5. The van der Waals surface area contributed by atoms with Gasteiger partial charge < -0.3 is 0 Å². The summed E-state index contributed by atoms with van der Waals surface area (Å²) in [5.74, 6) is 2.59. The summed E-state index contributed by atoms with van der Waals surface area (Å²) in [5, 5.41) is 4.22. The predicted molar refractivity (Wildman–Crippen MR) is 90.5 cm³/mol. The Bertz CT molecular complexity index is 166. The zero-order chi connectivity index (χ0) is 12.0. The van der Waals surface area contributed by atoms with Gasteiger partial charge in [0.2, 0.25) is 0 Å². The minimum absolute atomic E-state index is 0.658. The molecule has 0 aromatic carbocycles. The summed E-state index contributed by atoms with van der Waals surface area (Å²) in [6.07, 6.45) is 0. The Morgan fingerprint density at radius 3 is 1.62 bits per heavy atom. The summed E-state index contributed by atoms with van der Waals surface area (Å²) in [4.78, 5) is 0. The van der Waals surface area contributed by atoms with Crippen LogP contribution in [0.15, 0.2) is 0 Å². The fraction of sp³-hybridized carbons (Fsp3) is 1.00. The Morgan fingerprint density at radius 2 is 1.38 bits per heavy atom. The van der Waals surface area contributed by atoms with Crippen LogP contribution in [0.5, 0.6) is 0 Å². The van der Waals surface area contributed by atoms with Gasteiger partial charge >= 0.3 is 133 Å². The Balaban J connectivity index is 2.27. The average molecular weight is 426 g/mol. The van der Waals surface area contributed by atoms with Gasteiger partial charge in [-0.15, -0.1) is 0 Å². The van der Waals surface area contributed by atoms with Gasteiger partial charge in [-0.2, -0.15) is 0 Å². The van der Waals surface area contributed by atoms with Crippen molar-refractivity contribution in [2.75, 3.05) is 11.5 Å². The van der Waals surface area contributed by atoms with Crippen LogP contribution in [0.4, 0.5) is 0 Å². The van der Waals surface area contributed by atoms with E-state index in [2.05, 4.69) is 37.4 Å². The first-order valence-electron chi connectivity index (χ1n) is 5.51. The van der Waals surface area contributed by atoms with Gasteiger partial charge in [-0.1, -0.05) is 0 Å². The Morgan fingerprint density at radius 1 is 1.00 bits per heavy atom. The van der Waals surface area contributed by atoms with Gasteiger partial charge in [0.25, 0.3) is 0 Å². The summed E-state index contributed by atoms with van der Waals surface area (Å²) in [5.41, 5.74) is 0. The standard InChI is InChI=1S/C10H20S4Se2/c1-3-15-9(11)7-5-14-8(6-13-7)10(12)16-4-2/h7-12H,3-6H2,1-2H3. The second kappa shape index (κ2) is 9.36. The van der Waals surface area contributed by atoms with E-state index in [0.29, 0.717) is 8.30 Å². The fourth-order valence-corrected chi connectivity index (χ4v) is 11.9. The van der Waals surface area contributed by atoms with E-state index < -0.39 is 0 Å². The summed E-state index contributed by atoms with van der Waals surface area (Å²) in [6, 6.07) is 0. The Kier molecular flexibility index (Phi) is 9.65. The van der Waals surface area contributed by atoms with Crippen molar-refractivity contribution in [3.8, 4) is 0 Å². The maximum absolute atomic E-state index is 4.75. The van der Waals surface area contributed by atoms with Crippen molar-refractivity contribution < 1.29 is 0 Å². The molecule has 4 atom stereocenters. The van der Waals surface area contributed by atoms with Gasteiger partial charge in [-0.05, 0) is 0 Å². The average Bonchev–Trinajstić information content (AvgIpc) is 2.30. The molecule has 0 aromatic heterocycles. The Labute approximate surface area is 132 Å². The summed E-state index contributed by atoms with van der Waals surface area (Å²) >= 11 is 15.3. The van der Waals surface area contributed by atoms with Crippen LogP contribution in [0.25, 0.3) is 0 Å². The van der Waals surface area contributed by atoms with E-state index in [1.165, 1.54) is 22.1 Å². The molecule has 0 nitrogen and oxygen atoms in total. The normalized spacial score (nSPS) is 30.0. The molecule has 6 heteroatoms. The third kappa shape index (κ3) is 5.61. The van der Waals surface area contributed by atoms with E-state index in [0.717, 1.165) is 40.4 Å². The third-order valence-corrected chi connectivity index (χ3v) is 13.2. The predicted octanol–water partition coefficient (Wildman–Crippen LogP) is 3.00. The molecule has 1 saturated heterocycles. The van der Waals surface area contributed by atoms with Crippen molar-refractivity contribution in [2.45, 2.75) is 43.3 Å². The van der Waals surface area contributed by atoms with Crippen molar-refractivity contribution >= 4 is 78.7 Å². The zero-order valence-corrected chi connectivity index (χ0v) is 16.5. The third-order valence-electron chi connectivity index (χ3n) is 2.26. The van der Waals surface area contributed by atoms with Crippen LogP contribution < -0.4 is 0 Å². The SMILES string of the molecule is CC[Se]C(S)C1CSC(C(S)[Se]CC)CS1. The molecular weight excluding hydrogens is 406 g/mol. The minimum atomic E-state index is 0.658. The van der Waals surface area contributed by atoms with Crippen molar-refractivity contribution in [1.29, 1.82) is 0 Å². The Hall–Kier alpha value is 2.44. The van der Waals surface area contributed by atoms with E-state index in [4.69, 9.17) is 25.3 Å². The van der Waals surface area contributed by atoms with Crippen LogP contribution in [-0.2, 0) is 0 Å². The molecular formula is C10H20S4Se2.